The lowest BCUT2D eigenvalue weighted by atomic mass is 10.2. The third kappa shape index (κ3) is 5.71. The van der Waals surface area contributed by atoms with E-state index in [0.717, 1.165) is 12.1 Å². The molecule has 0 aromatic heterocycles. The van der Waals surface area contributed by atoms with E-state index < -0.39 is 23.4 Å². The lowest BCUT2D eigenvalue weighted by Gasteiger charge is -2.07. The molecule has 0 radical (unpaired) electrons. The molecule has 146 valence electrons. The first-order valence-corrected chi connectivity index (χ1v) is 8.13. The van der Waals surface area contributed by atoms with Crippen molar-refractivity contribution in [3.63, 3.8) is 0 Å². The number of halogens is 1. The molecule has 2 N–H and O–H groups in total. The number of nitrogens with zero attached hydrogens (tertiary/aromatic N) is 1. The van der Waals surface area contributed by atoms with Crippen LogP contribution >= 0.6 is 11.6 Å². The number of hydrogen-bond donors (Lipinski definition) is 2. The first-order chi connectivity index (χ1) is 13.3. The molecule has 0 aliphatic heterocycles. The van der Waals surface area contributed by atoms with Gasteiger partial charge in [0.1, 0.15) is 0 Å². The second kappa shape index (κ2) is 9.38. The van der Waals surface area contributed by atoms with Crippen LogP contribution in [-0.2, 0) is 14.3 Å². The van der Waals surface area contributed by atoms with E-state index >= 15 is 0 Å². The molecule has 0 fully saturated rings. The third-order valence-electron chi connectivity index (χ3n) is 3.40. The Labute approximate surface area is 164 Å². The van der Waals surface area contributed by atoms with E-state index in [9.17, 15) is 24.8 Å². The van der Waals surface area contributed by atoms with Gasteiger partial charge in [-0.25, -0.2) is 4.79 Å². The average molecular weight is 407 g/mol. The number of anilines is 1. The molecule has 0 spiro atoms. The number of phenols is 1. The van der Waals surface area contributed by atoms with Gasteiger partial charge in [-0.1, -0.05) is 17.7 Å². The molecule has 0 bridgehead atoms. The van der Waals surface area contributed by atoms with Gasteiger partial charge >= 0.3 is 5.97 Å². The smallest absolute Gasteiger partial charge is 0.331 e. The molecule has 2 rings (SSSR count). The van der Waals surface area contributed by atoms with Crippen LogP contribution in [0.4, 0.5) is 11.4 Å². The fourth-order valence-electron chi connectivity index (χ4n) is 2.05. The molecule has 0 aliphatic rings. The number of esters is 1. The van der Waals surface area contributed by atoms with Gasteiger partial charge in [0, 0.05) is 18.2 Å². The third-order valence-corrected chi connectivity index (χ3v) is 3.71. The summed E-state index contributed by atoms with van der Waals surface area (Å²) in [5.41, 5.74) is 0.513. The van der Waals surface area contributed by atoms with Crippen LogP contribution in [0.5, 0.6) is 11.5 Å². The van der Waals surface area contributed by atoms with Crippen molar-refractivity contribution in [3.05, 3.63) is 63.2 Å². The molecule has 0 saturated heterocycles. The Bertz CT molecular complexity index is 944. The molecule has 1 amide bonds. The van der Waals surface area contributed by atoms with Crippen molar-refractivity contribution in [3.8, 4) is 11.5 Å². The van der Waals surface area contributed by atoms with E-state index in [2.05, 4.69) is 5.32 Å². The number of rotatable bonds is 7. The SMILES string of the molecule is COc1cc(C=CC(=O)OCC(=O)Nc2ccc([N+](=O)[O-])cc2Cl)ccc1O. The number of amides is 1. The Morgan fingerprint density at radius 3 is 2.68 bits per heavy atom. The number of phenolic OH excluding ortho intramolecular Hbond substituents is 1. The Balaban J connectivity index is 1.88. The van der Waals surface area contributed by atoms with E-state index in [0.29, 0.717) is 5.56 Å². The number of benzene rings is 2. The second-order valence-electron chi connectivity index (χ2n) is 5.34. The Morgan fingerprint density at radius 2 is 2.04 bits per heavy atom. The van der Waals surface area contributed by atoms with Crippen molar-refractivity contribution < 1.29 is 29.1 Å². The van der Waals surface area contributed by atoms with Gasteiger partial charge in [0.05, 0.1) is 22.7 Å². The summed E-state index contributed by atoms with van der Waals surface area (Å²) >= 11 is 5.87. The lowest BCUT2D eigenvalue weighted by molar-refractivity contribution is -0.384. The minimum atomic E-state index is -0.767. The highest BCUT2D eigenvalue weighted by molar-refractivity contribution is 6.34. The van der Waals surface area contributed by atoms with Gasteiger partial charge in [0.15, 0.2) is 18.1 Å². The van der Waals surface area contributed by atoms with Crippen LogP contribution in [0.25, 0.3) is 6.08 Å². The molecule has 28 heavy (non-hydrogen) atoms. The fraction of sp³-hybridized carbons (Fsp3) is 0.111. The van der Waals surface area contributed by atoms with Crippen LogP contribution in [0.3, 0.4) is 0 Å². The van der Waals surface area contributed by atoms with Crippen molar-refractivity contribution in [1.29, 1.82) is 0 Å². The summed E-state index contributed by atoms with van der Waals surface area (Å²) in [6.07, 6.45) is 2.54. The molecule has 2 aromatic carbocycles. The molecule has 2 aromatic rings. The number of ether oxygens (including phenoxy) is 2. The van der Waals surface area contributed by atoms with Crippen LogP contribution in [0, 0.1) is 10.1 Å². The van der Waals surface area contributed by atoms with Gasteiger partial charge in [0.25, 0.3) is 11.6 Å². The van der Waals surface area contributed by atoms with Gasteiger partial charge < -0.3 is 19.9 Å². The Kier molecular flexibility index (Phi) is 6.94. The van der Waals surface area contributed by atoms with E-state index in [1.54, 1.807) is 6.07 Å². The van der Waals surface area contributed by atoms with Gasteiger partial charge in [0.2, 0.25) is 0 Å². The standard InChI is InChI=1S/C18H15ClN2O7/c1-27-16-8-11(2-6-15(16)22)3-7-18(24)28-10-17(23)20-14-5-4-12(21(25)26)9-13(14)19/h2-9,22H,10H2,1H3,(H,20,23). The quantitative estimate of drug-likeness (QED) is 0.313. The van der Waals surface area contributed by atoms with Gasteiger partial charge in [-0.3, -0.25) is 14.9 Å². The topological polar surface area (TPSA) is 128 Å². The van der Waals surface area contributed by atoms with Crippen molar-refractivity contribution in [2.75, 3.05) is 19.0 Å². The maximum Gasteiger partial charge on any atom is 0.331 e. The van der Waals surface area contributed by atoms with Crippen molar-refractivity contribution in [2.45, 2.75) is 0 Å². The van der Waals surface area contributed by atoms with Gasteiger partial charge in [-0.05, 0) is 29.8 Å². The Hall–Kier alpha value is -3.59. The summed E-state index contributed by atoms with van der Waals surface area (Å²) in [7, 11) is 1.40. The summed E-state index contributed by atoms with van der Waals surface area (Å²) in [4.78, 5) is 33.6. The predicted octanol–water partition coefficient (Wildman–Crippen LogP) is 3.16. The molecule has 10 heteroatoms. The molecule has 9 nitrogen and oxygen atoms in total. The molecule has 0 unspecified atom stereocenters. The normalized spacial score (nSPS) is 10.5. The Morgan fingerprint density at radius 1 is 1.29 bits per heavy atom. The maximum atomic E-state index is 11.8. The average Bonchev–Trinajstić information content (AvgIpc) is 2.67. The number of non-ortho nitro benzene ring substituents is 1. The molecular formula is C18H15ClN2O7. The predicted molar refractivity (Wildman–Crippen MR) is 101 cm³/mol. The van der Waals surface area contributed by atoms with Crippen LogP contribution in [0.1, 0.15) is 5.56 Å². The zero-order valence-corrected chi connectivity index (χ0v) is 15.3. The number of carbonyl (C=O) groups excluding carboxylic acids is 2. The molecule has 0 saturated carbocycles. The highest BCUT2D eigenvalue weighted by atomic mass is 35.5. The number of nitrogens with one attached hydrogen (secondary N) is 1. The van der Waals surface area contributed by atoms with Crippen LogP contribution in [0.2, 0.25) is 5.02 Å². The summed E-state index contributed by atoms with van der Waals surface area (Å²) < 4.78 is 9.77. The summed E-state index contributed by atoms with van der Waals surface area (Å²) in [5, 5.41) is 22.5. The maximum absolute atomic E-state index is 11.8. The summed E-state index contributed by atoms with van der Waals surface area (Å²) in [5.74, 6) is -1.22. The molecule has 0 aliphatic carbocycles. The van der Waals surface area contributed by atoms with Crippen molar-refractivity contribution >= 4 is 40.9 Å². The van der Waals surface area contributed by atoms with E-state index in [1.165, 1.54) is 37.5 Å². The number of nitro groups is 1. The lowest BCUT2D eigenvalue weighted by Crippen LogP contribution is -2.20. The number of carbonyl (C=O) groups is 2. The van der Waals surface area contributed by atoms with E-state index in [4.69, 9.17) is 21.1 Å². The number of nitro benzene ring substituents is 1. The second-order valence-corrected chi connectivity index (χ2v) is 5.75. The van der Waals surface area contributed by atoms with Crippen LogP contribution in [0.15, 0.2) is 42.5 Å². The van der Waals surface area contributed by atoms with Crippen LogP contribution < -0.4 is 10.1 Å². The minimum absolute atomic E-state index is 0.0185. The minimum Gasteiger partial charge on any atom is -0.504 e. The monoisotopic (exact) mass is 406 g/mol. The zero-order valence-electron chi connectivity index (χ0n) is 14.5. The van der Waals surface area contributed by atoms with Gasteiger partial charge in [-0.15, -0.1) is 0 Å². The zero-order chi connectivity index (χ0) is 20.7. The van der Waals surface area contributed by atoms with Crippen molar-refractivity contribution in [1.82, 2.24) is 0 Å². The largest absolute Gasteiger partial charge is 0.504 e. The number of aromatic hydroxyl groups is 1. The number of hydrogen-bond acceptors (Lipinski definition) is 7. The van der Waals surface area contributed by atoms with E-state index in [1.807, 2.05) is 0 Å². The van der Waals surface area contributed by atoms with Crippen LogP contribution in [-0.4, -0.2) is 35.6 Å². The first-order valence-electron chi connectivity index (χ1n) is 7.76. The summed E-state index contributed by atoms with van der Waals surface area (Å²) in [6.45, 7) is -0.574. The molecular weight excluding hydrogens is 392 g/mol. The highest BCUT2D eigenvalue weighted by Crippen LogP contribution is 2.27. The van der Waals surface area contributed by atoms with Crippen molar-refractivity contribution in [2.24, 2.45) is 0 Å². The van der Waals surface area contributed by atoms with E-state index in [-0.39, 0.29) is 27.9 Å². The summed E-state index contributed by atoms with van der Waals surface area (Å²) in [6, 6.07) is 8.04. The number of methoxy groups -OCH3 is 1. The van der Waals surface area contributed by atoms with Gasteiger partial charge in [-0.2, -0.15) is 0 Å². The highest BCUT2D eigenvalue weighted by Gasteiger charge is 2.12. The molecule has 0 atom stereocenters. The molecule has 0 heterocycles. The first kappa shape index (κ1) is 20.7. The fourth-order valence-corrected chi connectivity index (χ4v) is 2.27.